The Hall–Kier alpha value is -1.30. The summed E-state index contributed by atoms with van der Waals surface area (Å²) in [6.45, 7) is 6.06. The monoisotopic (exact) mass is 314 g/mol. The molecule has 0 aliphatic heterocycles. The van der Waals surface area contributed by atoms with Crippen molar-refractivity contribution in [2.75, 3.05) is 26.8 Å². The molecule has 1 rings (SSSR count). The standard InChI is InChI=1S/C15H23ClN2O3/c1-4-18-15(19)11(2)21-14-7-5-6-13(16)12(14)10-17-8-9-20-3/h5-7,11,17H,4,8-10H2,1-3H3,(H,18,19). The topological polar surface area (TPSA) is 59.6 Å². The van der Waals surface area contributed by atoms with E-state index in [-0.39, 0.29) is 5.91 Å². The first-order chi connectivity index (χ1) is 10.1. The van der Waals surface area contributed by atoms with Crippen LogP contribution in [0.3, 0.4) is 0 Å². The Balaban J connectivity index is 2.72. The third kappa shape index (κ3) is 5.91. The average Bonchev–Trinajstić information content (AvgIpc) is 2.46. The van der Waals surface area contributed by atoms with Crippen molar-refractivity contribution in [3.05, 3.63) is 28.8 Å². The molecule has 1 aromatic carbocycles. The van der Waals surface area contributed by atoms with E-state index in [9.17, 15) is 4.79 Å². The number of benzene rings is 1. The summed E-state index contributed by atoms with van der Waals surface area (Å²) in [7, 11) is 1.65. The minimum Gasteiger partial charge on any atom is -0.481 e. The molecule has 0 bridgehead atoms. The Morgan fingerprint density at radius 2 is 2.19 bits per heavy atom. The lowest BCUT2D eigenvalue weighted by atomic mass is 10.2. The molecule has 0 fully saturated rings. The van der Waals surface area contributed by atoms with E-state index in [4.69, 9.17) is 21.1 Å². The van der Waals surface area contributed by atoms with Crippen LogP contribution in [-0.2, 0) is 16.1 Å². The van der Waals surface area contributed by atoms with Crippen LogP contribution in [0.4, 0.5) is 0 Å². The average molecular weight is 315 g/mol. The highest BCUT2D eigenvalue weighted by Crippen LogP contribution is 2.27. The van der Waals surface area contributed by atoms with Crippen LogP contribution in [0.2, 0.25) is 5.02 Å². The van der Waals surface area contributed by atoms with Gasteiger partial charge in [0.2, 0.25) is 0 Å². The van der Waals surface area contributed by atoms with Gasteiger partial charge in [0, 0.05) is 37.3 Å². The van der Waals surface area contributed by atoms with Gasteiger partial charge in [0.15, 0.2) is 6.10 Å². The molecule has 0 aliphatic carbocycles. The number of carbonyl (C=O) groups is 1. The molecule has 0 saturated heterocycles. The maximum Gasteiger partial charge on any atom is 0.260 e. The van der Waals surface area contributed by atoms with Crippen LogP contribution in [0.25, 0.3) is 0 Å². The summed E-state index contributed by atoms with van der Waals surface area (Å²) in [5.41, 5.74) is 0.839. The quantitative estimate of drug-likeness (QED) is 0.684. The van der Waals surface area contributed by atoms with Gasteiger partial charge in [0.1, 0.15) is 5.75 Å². The van der Waals surface area contributed by atoms with E-state index < -0.39 is 6.10 Å². The molecule has 0 aliphatic rings. The largest absolute Gasteiger partial charge is 0.481 e. The van der Waals surface area contributed by atoms with Crippen LogP contribution in [0.1, 0.15) is 19.4 Å². The zero-order valence-corrected chi connectivity index (χ0v) is 13.5. The van der Waals surface area contributed by atoms with Crippen molar-refractivity contribution < 1.29 is 14.3 Å². The lowest BCUT2D eigenvalue weighted by Crippen LogP contribution is -2.36. The summed E-state index contributed by atoms with van der Waals surface area (Å²) < 4.78 is 10.7. The maximum absolute atomic E-state index is 11.7. The van der Waals surface area contributed by atoms with Gasteiger partial charge in [-0.2, -0.15) is 0 Å². The Morgan fingerprint density at radius 1 is 1.43 bits per heavy atom. The molecule has 1 atom stereocenters. The molecule has 5 nitrogen and oxygen atoms in total. The second-order valence-electron chi connectivity index (χ2n) is 4.54. The number of halogens is 1. The normalized spacial score (nSPS) is 12.0. The van der Waals surface area contributed by atoms with Crippen LogP contribution in [0.5, 0.6) is 5.75 Å². The first kappa shape index (κ1) is 17.8. The molecular weight excluding hydrogens is 292 g/mol. The molecule has 118 valence electrons. The first-order valence-corrected chi connectivity index (χ1v) is 7.39. The van der Waals surface area contributed by atoms with E-state index in [1.54, 1.807) is 26.2 Å². The number of amides is 1. The molecule has 1 amide bonds. The van der Waals surface area contributed by atoms with Gasteiger partial charge < -0.3 is 20.1 Å². The van der Waals surface area contributed by atoms with Gasteiger partial charge in [0.05, 0.1) is 6.61 Å². The highest BCUT2D eigenvalue weighted by atomic mass is 35.5. The van der Waals surface area contributed by atoms with Gasteiger partial charge in [-0.25, -0.2) is 0 Å². The lowest BCUT2D eigenvalue weighted by Gasteiger charge is -2.18. The summed E-state index contributed by atoms with van der Waals surface area (Å²) in [6, 6.07) is 5.42. The second kappa shape index (κ2) is 9.60. The van der Waals surface area contributed by atoms with Crippen molar-refractivity contribution in [3.63, 3.8) is 0 Å². The highest BCUT2D eigenvalue weighted by molar-refractivity contribution is 6.31. The molecule has 0 heterocycles. The molecule has 21 heavy (non-hydrogen) atoms. The Kier molecular flexibility index (Phi) is 8.12. The molecule has 1 aromatic rings. The molecule has 0 aromatic heterocycles. The molecule has 1 unspecified atom stereocenters. The number of methoxy groups -OCH3 is 1. The Morgan fingerprint density at radius 3 is 2.86 bits per heavy atom. The van der Waals surface area contributed by atoms with Crippen molar-refractivity contribution >= 4 is 17.5 Å². The van der Waals surface area contributed by atoms with Crippen molar-refractivity contribution in [2.24, 2.45) is 0 Å². The van der Waals surface area contributed by atoms with Gasteiger partial charge in [0.25, 0.3) is 5.91 Å². The number of hydrogen-bond acceptors (Lipinski definition) is 4. The van der Waals surface area contributed by atoms with Crippen LogP contribution in [0, 0.1) is 0 Å². The summed E-state index contributed by atoms with van der Waals surface area (Å²) in [4.78, 5) is 11.7. The zero-order valence-electron chi connectivity index (χ0n) is 12.7. The molecule has 0 radical (unpaired) electrons. The number of likely N-dealkylation sites (N-methyl/N-ethyl adjacent to an activating group) is 1. The van der Waals surface area contributed by atoms with Gasteiger partial charge >= 0.3 is 0 Å². The first-order valence-electron chi connectivity index (χ1n) is 7.01. The predicted octanol–water partition coefficient (Wildman–Crippen LogP) is 1.98. The molecule has 6 heteroatoms. The van der Waals surface area contributed by atoms with Crippen molar-refractivity contribution in [1.82, 2.24) is 10.6 Å². The summed E-state index contributed by atoms with van der Waals surface area (Å²) >= 11 is 6.21. The Labute approximate surface area is 131 Å². The van der Waals surface area contributed by atoms with Gasteiger partial charge in [-0.3, -0.25) is 4.79 Å². The smallest absolute Gasteiger partial charge is 0.260 e. The molecule has 0 spiro atoms. The van der Waals surface area contributed by atoms with E-state index in [0.29, 0.717) is 37.0 Å². The van der Waals surface area contributed by atoms with Crippen molar-refractivity contribution in [2.45, 2.75) is 26.5 Å². The maximum atomic E-state index is 11.7. The third-order valence-electron chi connectivity index (χ3n) is 2.88. The van der Waals surface area contributed by atoms with E-state index in [1.807, 2.05) is 13.0 Å². The predicted molar refractivity (Wildman–Crippen MR) is 83.8 cm³/mol. The minimum atomic E-state index is -0.568. The van der Waals surface area contributed by atoms with Gasteiger partial charge in [-0.05, 0) is 26.0 Å². The SMILES string of the molecule is CCNC(=O)C(C)Oc1cccc(Cl)c1CNCCOC. The number of nitrogens with one attached hydrogen (secondary N) is 2. The van der Waals surface area contributed by atoms with Crippen LogP contribution in [-0.4, -0.2) is 38.8 Å². The summed E-state index contributed by atoms with van der Waals surface area (Å²) in [5, 5.41) is 6.56. The molecule has 2 N–H and O–H groups in total. The third-order valence-corrected chi connectivity index (χ3v) is 3.24. The van der Waals surface area contributed by atoms with E-state index in [2.05, 4.69) is 10.6 Å². The van der Waals surface area contributed by atoms with Crippen LogP contribution >= 0.6 is 11.6 Å². The van der Waals surface area contributed by atoms with Crippen LogP contribution < -0.4 is 15.4 Å². The number of rotatable bonds is 9. The van der Waals surface area contributed by atoms with Crippen LogP contribution in [0.15, 0.2) is 18.2 Å². The minimum absolute atomic E-state index is 0.143. The Bertz CT molecular complexity index is 455. The number of carbonyl (C=O) groups excluding carboxylic acids is 1. The zero-order chi connectivity index (χ0) is 15.7. The fourth-order valence-corrected chi connectivity index (χ4v) is 2.00. The highest BCUT2D eigenvalue weighted by Gasteiger charge is 2.16. The van der Waals surface area contributed by atoms with Gasteiger partial charge in [-0.15, -0.1) is 0 Å². The fraction of sp³-hybridized carbons (Fsp3) is 0.533. The van der Waals surface area contributed by atoms with E-state index in [1.165, 1.54) is 0 Å². The molecular formula is C15H23ClN2O3. The summed E-state index contributed by atoms with van der Waals surface area (Å²) in [5.74, 6) is 0.474. The van der Waals surface area contributed by atoms with Crippen molar-refractivity contribution in [1.29, 1.82) is 0 Å². The second-order valence-corrected chi connectivity index (χ2v) is 4.95. The van der Waals surface area contributed by atoms with E-state index in [0.717, 1.165) is 5.56 Å². The fourth-order valence-electron chi connectivity index (χ4n) is 1.77. The molecule has 0 saturated carbocycles. The van der Waals surface area contributed by atoms with E-state index >= 15 is 0 Å². The number of ether oxygens (including phenoxy) is 2. The van der Waals surface area contributed by atoms with Gasteiger partial charge in [-0.1, -0.05) is 17.7 Å². The van der Waals surface area contributed by atoms with Crippen molar-refractivity contribution in [3.8, 4) is 5.75 Å². The summed E-state index contributed by atoms with van der Waals surface area (Å²) in [6.07, 6.45) is -0.568. The lowest BCUT2D eigenvalue weighted by molar-refractivity contribution is -0.127. The number of hydrogen-bond donors (Lipinski definition) is 2.